The fraction of sp³-hybridized carbons (Fsp3) is 0.0952. The molecule has 0 unspecified atom stereocenters. The highest BCUT2D eigenvalue weighted by atomic mass is 32.2. The number of para-hydroxylation sites is 1. The Morgan fingerprint density at radius 1 is 1.00 bits per heavy atom. The molecule has 3 rings (SSSR count). The third kappa shape index (κ3) is 4.91. The van der Waals surface area contributed by atoms with Gasteiger partial charge in [-0.25, -0.2) is 12.8 Å². The first kappa shape index (κ1) is 20.3. The molecule has 1 N–H and O–H groups in total. The topological polar surface area (TPSA) is 75.7 Å². The number of carbonyl (C=O) groups is 1. The van der Waals surface area contributed by atoms with Crippen molar-refractivity contribution in [3.05, 3.63) is 84.7 Å². The maximum absolute atomic E-state index is 13.2. The normalized spacial score (nSPS) is 11.0. The predicted molar refractivity (Wildman–Crippen MR) is 109 cm³/mol. The predicted octanol–water partition coefficient (Wildman–Crippen LogP) is 3.67. The highest BCUT2D eigenvalue weighted by Crippen LogP contribution is 2.24. The SMILES string of the molecule is COc1cccc(NC(=O)CN(c2ccccc2)S(=O)(=O)c2ccc(F)cc2)c1. The lowest BCUT2D eigenvalue weighted by Gasteiger charge is -2.24. The number of rotatable bonds is 7. The average Bonchev–Trinajstić information content (AvgIpc) is 2.73. The molecule has 0 aliphatic carbocycles. The van der Waals surface area contributed by atoms with E-state index in [0.717, 1.165) is 16.4 Å². The smallest absolute Gasteiger partial charge is 0.264 e. The van der Waals surface area contributed by atoms with E-state index in [1.165, 1.54) is 19.2 Å². The van der Waals surface area contributed by atoms with Crippen molar-refractivity contribution in [3.8, 4) is 5.75 Å². The largest absolute Gasteiger partial charge is 0.497 e. The second kappa shape index (κ2) is 8.74. The minimum Gasteiger partial charge on any atom is -0.497 e. The maximum atomic E-state index is 13.2. The van der Waals surface area contributed by atoms with Gasteiger partial charge in [0.15, 0.2) is 0 Å². The summed E-state index contributed by atoms with van der Waals surface area (Å²) in [4.78, 5) is 12.5. The molecule has 6 nitrogen and oxygen atoms in total. The molecule has 1 amide bonds. The molecule has 0 radical (unpaired) electrons. The number of hydrogen-bond donors (Lipinski definition) is 1. The first-order valence-corrected chi connectivity index (χ1v) is 10.1. The number of methoxy groups -OCH3 is 1. The number of benzene rings is 3. The second-order valence-electron chi connectivity index (χ2n) is 6.08. The number of halogens is 1. The summed E-state index contributed by atoms with van der Waals surface area (Å²) >= 11 is 0. The average molecular weight is 414 g/mol. The highest BCUT2D eigenvalue weighted by Gasteiger charge is 2.27. The molecule has 0 aliphatic rings. The Morgan fingerprint density at radius 2 is 1.69 bits per heavy atom. The van der Waals surface area contributed by atoms with E-state index < -0.39 is 28.3 Å². The number of sulfonamides is 1. The third-order valence-electron chi connectivity index (χ3n) is 4.09. The molecule has 0 atom stereocenters. The lowest BCUT2D eigenvalue weighted by molar-refractivity contribution is -0.114. The second-order valence-corrected chi connectivity index (χ2v) is 7.94. The van der Waals surface area contributed by atoms with Crippen LogP contribution in [0.1, 0.15) is 0 Å². The van der Waals surface area contributed by atoms with Crippen LogP contribution in [0.5, 0.6) is 5.75 Å². The molecule has 150 valence electrons. The monoisotopic (exact) mass is 414 g/mol. The molecule has 8 heteroatoms. The molecular formula is C21H19FN2O4S. The molecule has 0 aromatic heterocycles. The van der Waals surface area contributed by atoms with Crippen LogP contribution in [-0.2, 0) is 14.8 Å². The van der Waals surface area contributed by atoms with Crippen molar-refractivity contribution in [1.82, 2.24) is 0 Å². The number of carbonyl (C=O) groups excluding carboxylic acids is 1. The summed E-state index contributed by atoms with van der Waals surface area (Å²) in [6.45, 7) is -0.457. The van der Waals surface area contributed by atoms with Gasteiger partial charge in [-0.15, -0.1) is 0 Å². The summed E-state index contributed by atoms with van der Waals surface area (Å²) in [5.74, 6) is -0.527. The number of nitrogens with one attached hydrogen (secondary N) is 1. The Morgan fingerprint density at radius 3 is 2.34 bits per heavy atom. The van der Waals surface area contributed by atoms with Crippen LogP contribution in [0.15, 0.2) is 83.8 Å². The number of ether oxygens (including phenoxy) is 1. The molecule has 0 aliphatic heterocycles. The van der Waals surface area contributed by atoms with Gasteiger partial charge in [0.25, 0.3) is 10.0 Å². The van der Waals surface area contributed by atoms with E-state index in [2.05, 4.69) is 5.32 Å². The standard InChI is InChI=1S/C21H19FN2O4S/c1-28-19-9-5-6-17(14-19)23-21(25)15-24(18-7-3-2-4-8-18)29(26,27)20-12-10-16(22)11-13-20/h2-14H,15H2,1H3,(H,23,25). The van der Waals surface area contributed by atoms with Crippen LogP contribution in [0.3, 0.4) is 0 Å². The molecule has 0 spiro atoms. The van der Waals surface area contributed by atoms with E-state index in [4.69, 9.17) is 4.74 Å². The van der Waals surface area contributed by atoms with E-state index in [1.807, 2.05) is 0 Å². The van der Waals surface area contributed by atoms with Crippen LogP contribution < -0.4 is 14.4 Å². The van der Waals surface area contributed by atoms with Crippen LogP contribution in [0, 0.1) is 5.82 Å². The van der Waals surface area contributed by atoms with E-state index >= 15 is 0 Å². The fourth-order valence-corrected chi connectivity index (χ4v) is 4.10. The van der Waals surface area contributed by atoms with E-state index in [1.54, 1.807) is 54.6 Å². The Balaban J connectivity index is 1.90. The van der Waals surface area contributed by atoms with E-state index in [9.17, 15) is 17.6 Å². The zero-order valence-electron chi connectivity index (χ0n) is 15.6. The van der Waals surface area contributed by atoms with Crippen molar-refractivity contribution in [3.63, 3.8) is 0 Å². The number of nitrogens with zero attached hydrogens (tertiary/aromatic N) is 1. The van der Waals surface area contributed by atoms with Crippen LogP contribution >= 0.6 is 0 Å². The molecule has 0 heterocycles. The van der Waals surface area contributed by atoms with Gasteiger partial charge in [-0.3, -0.25) is 9.10 Å². The number of anilines is 2. The Hall–Kier alpha value is -3.39. The summed E-state index contributed by atoms with van der Waals surface area (Å²) in [6, 6.07) is 19.4. The minimum absolute atomic E-state index is 0.114. The van der Waals surface area contributed by atoms with Crippen molar-refractivity contribution < 1.29 is 22.3 Å². The van der Waals surface area contributed by atoms with Crippen molar-refractivity contribution in [2.24, 2.45) is 0 Å². The van der Waals surface area contributed by atoms with Crippen molar-refractivity contribution in [2.75, 3.05) is 23.3 Å². The molecule has 3 aromatic carbocycles. The van der Waals surface area contributed by atoms with Crippen molar-refractivity contribution in [2.45, 2.75) is 4.90 Å². The summed E-state index contributed by atoms with van der Waals surface area (Å²) in [7, 11) is -2.58. The van der Waals surface area contributed by atoms with Crippen LogP contribution in [0.25, 0.3) is 0 Å². The van der Waals surface area contributed by atoms with Gasteiger partial charge >= 0.3 is 0 Å². The highest BCUT2D eigenvalue weighted by molar-refractivity contribution is 7.92. The molecule has 0 fully saturated rings. The zero-order valence-corrected chi connectivity index (χ0v) is 16.4. The van der Waals surface area contributed by atoms with E-state index in [-0.39, 0.29) is 4.90 Å². The first-order valence-electron chi connectivity index (χ1n) is 8.67. The van der Waals surface area contributed by atoms with Gasteiger partial charge in [0.2, 0.25) is 5.91 Å². The number of hydrogen-bond acceptors (Lipinski definition) is 4. The lowest BCUT2D eigenvalue weighted by atomic mass is 10.3. The van der Waals surface area contributed by atoms with Gasteiger partial charge in [-0.2, -0.15) is 0 Å². The van der Waals surface area contributed by atoms with Crippen LogP contribution in [0.4, 0.5) is 15.8 Å². The summed E-state index contributed by atoms with van der Waals surface area (Å²) < 4.78 is 45.6. The van der Waals surface area contributed by atoms with Crippen molar-refractivity contribution >= 4 is 27.3 Å². The summed E-state index contributed by atoms with van der Waals surface area (Å²) in [6.07, 6.45) is 0. The third-order valence-corrected chi connectivity index (χ3v) is 5.87. The Labute approximate surface area is 168 Å². The quantitative estimate of drug-likeness (QED) is 0.640. The molecular weight excluding hydrogens is 395 g/mol. The van der Waals surface area contributed by atoms with Crippen LogP contribution in [0.2, 0.25) is 0 Å². The molecule has 0 bridgehead atoms. The van der Waals surface area contributed by atoms with Gasteiger partial charge in [0, 0.05) is 11.8 Å². The summed E-state index contributed by atoms with van der Waals surface area (Å²) in [5, 5.41) is 2.66. The van der Waals surface area contributed by atoms with Crippen LogP contribution in [-0.4, -0.2) is 28.0 Å². The number of amides is 1. The van der Waals surface area contributed by atoms with Gasteiger partial charge in [0.1, 0.15) is 18.1 Å². The minimum atomic E-state index is -4.09. The molecule has 0 saturated heterocycles. The summed E-state index contributed by atoms with van der Waals surface area (Å²) in [5.41, 5.74) is 0.791. The zero-order chi connectivity index (χ0) is 20.9. The van der Waals surface area contributed by atoms with Gasteiger partial charge < -0.3 is 10.1 Å². The Kier molecular flexibility index (Phi) is 6.13. The van der Waals surface area contributed by atoms with Crippen molar-refractivity contribution in [1.29, 1.82) is 0 Å². The van der Waals surface area contributed by atoms with Gasteiger partial charge in [0.05, 0.1) is 17.7 Å². The first-order chi connectivity index (χ1) is 13.9. The molecule has 29 heavy (non-hydrogen) atoms. The molecule has 3 aromatic rings. The lowest BCUT2D eigenvalue weighted by Crippen LogP contribution is -2.38. The van der Waals surface area contributed by atoms with Gasteiger partial charge in [-0.1, -0.05) is 24.3 Å². The Bertz CT molecular complexity index is 1090. The molecule has 0 saturated carbocycles. The fourth-order valence-electron chi connectivity index (χ4n) is 2.67. The maximum Gasteiger partial charge on any atom is 0.264 e. The van der Waals surface area contributed by atoms with E-state index in [0.29, 0.717) is 17.1 Å². The van der Waals surface area contributed by atoms with Gasteiger partial charge in [-0.05, 0) is 48.5 Å².